The summed E-state index contributed by atoms with van der Waals surface area (Å²) in [5, 5.41) is 3.76. The van der Waals surface area contributed by atoms with Crippen LogP contribution < -0.4 is 14.8 Å². The van der Waals surface area contributed by atoms with Crippen molar-refractivity contribution in [3.63, 3.8) is 0 Å². The lowest BCUT2D eigenvalue weighted by Gasteiger charge is -2.13. The van der Waals surface area contributed by atoms with E-state index in [0.717, 1.165) is 33.4 Å². The number of amides is 1. The minimum Gasteiger partial charge on any atom is -0.497 e. The van der Waals surface area contributed by atoms with E-state index in [9.17, 15) is 4.79 Å². The van der Waals surface area contributed by atoms with Crippen molar-refractivity contribution < 1.29 is 14.3 Å². The Labute approximate surface area is 175 Å². The molecule has 0 saturated heterocycles. The number of benzene rings is 3. The number of nitrogens with zero attached hydrogens (tertiary/aromatic N) is 1. The number of carbonyl (C=O) groups excluding carboxylic acids is 1. The van der Waals surface area contributed by atoms with Crippen molar-refractivity contribution in [1.82, 2.24) is 4.98 Å². The average Bonchev–Trinajstić information content (AvgIpc) is 2.78. The molecule has 0 aliphatic heterocycles. The third-order valence-electron chi connectivity index (χ3n) is 4.75. The quantitative estimate of drug-likeness (QED) is 0.483. The number of para-hydroxylation sites is 1. The van der Waals surface area contributed by atoms with E-state index < -0.39 is 0 Å². The first kappa shape index (κ1) is 19.5. The van der Waals surface area contributed by atoms with Gasteiger partial charge in [0.2, 0.25) is 0 Å². The zero-order chi connectivity index (χ0) is 20.9. The fourth-order valence-corrected chi connectivity index (χ4v) is 3.34. The number of pyridine rings is 1. The number of hydrogen-bond donors (Lipinski definition) is 1. The number of anilines is 1. The molecular formula is C25H22N2O3. The second-order valence-corrected chi connectivity index (χ2v) is 6.89. The van der Waals surface area contributed by atoms with Crippen molar-refractivity contribution in [3.05, 3.63) is 84.6 Å². The van der Waals surface area contributed by atoms with Crippen molar-refractivity contribution in [2.24, 2.45) is 0 Å². The molecule has 0 spiro atoms. The van der Waals surface area contributed by atoms with Crippen LogP contribution in [-0.2, 0) is 4.79 Å². The highest BCUT2D eigenvalue weighted by Gasteiger charge is 2.11. The van der Waals surface area contributed by atoms with Gasteiger partial charge in [-0.3, -0.25) is 9.78 Å². The first-order valence-electron chi connectivity index (χ1n) is 9.66. The van der Waals surface area contributed by atoms with Gasteiger partial charge in [0.05, 0.1) is 12.6 Å². The second kappa shape index (κ2) is 8.66. The number of nitrogens with one attached hydrogen (secondary N) is 1. The molecule has 0 fully saturated rings. The van der Waals surface area contributed by atoms with Crippen LogP contribution in [-0.4, -0.2) is 24.6 Å². The normalized spacial score (nSPS) is 10.6. The molecule has 4 rings (SSSR count). The van der Waals surface area contributed by atoms with Crippen LogP contribution in [0.3, 0.4) is 0 Å². The average molecular weight is 398 g/mol. The van der Waals surface area contributed by atoms with E-state index in [1.54, 1.807) is 7.11 Å². The van der Waals surface area contributed by atoms with Crippen LogP contribution in [0.15, 0.2) is 78.9 Å². The summed E-state index contributed by atoms with van der Waals surface area (Å²) in [4.78, 5) is 17.2. The Morgan fingerprint density at radius 2 is 1.73 bits per heavy atom. The number of carbonyl (C=O) groups is 1. The fraction of sp³-hybridized carbons (Fsp3) is 0.120. The molecule has 0 saturated carbocycles. The lowest BCUT2D eigenvalue weighted by atomic mass is 10.0. The van der Waals surface area contributed by atoms with Crippen LogP contribution in [0, 0.1) is 6.92 Å². The predicted octanol–water partition coefficient (Wildman–Crippen LogP) is 5.24. The number of aryl methyl sites for hydroxylation is 1. The van der Waals surface area contributed by atoms with Crippen LogP contribution >= 0.6 is 0 Å². The van der Waals surface area contributed by atoms with Crippen LogP contribution in [0.25, 0.3) is 22.0 Å². The molecule has 1 N–H and O–H groups in total. The highest BCUT2D eigenvalue weighted by atomic mass is 16.5. The van der Waals surface area contributed by atoms with Crippen molar-refractivity contribution >= 4 is 22.5 Å². The first-order valence-corrected chi connectivity index (χ1v) is 9.66. The third kappa shape index (κ3) is 4.25. The molecule has 4 aromatic rings. The predicted molar refractivity (Wildman–Crippen MR) is 119 cm³/mol. The molecule has 5 heteroatoms. The largest absolute Gasteiger partial charge is 0.497 e. The van der Waals surface area contributed by atoms with E-state index in [0.29, 0.717) is 11.5 Å². The Balaban J connectivity index is 1.53. The van der Waals surface area contributed by atoms with Gasteiger partial charge in [-0.1, -0.05) is 48.5 Å². The summed E-state index contributed by atoms with van der Waals surface area (Å²) in [6, 6.07) is 25.1. The summed E-state index contributed by atoms with van der Waals surface area (Å²) < 4.78 is 11.2. The molecule has 0 aliphatic rings. The number of rotatable bonds is 6. The monoisotopic (exact) mass is 398 g/mol. The van der Waals surface area contributed by atoms with Crippen LogP contribution in [0.4, 0.5) is 5.69 Å². The molecule has 1 heterocycles. The topological polar surface area (TPSA) is 60.5 Å². The minimum absolute atomic E-state index is 0.112. The maximum absolute atomic E-state index is 12.6. The Morgan fingerprint density at radius 3 is 2.53 bits per heavy atom. The summed E-state index contributed by atoms with van der Waals surface area (Å²) in [6.07, 6.45) is 0. The molecule has 30 heavy (non-hydrogen) atoms. The highest BCUT2D eigenvalue weighted by Crippen LogP contribution is 2.30. The fourth-order valence-electron chi connectivity index (χ4n) is 3.34. The van der Waals surface area contributed by atoms with Gasteiger partial charge in [-0.05, 0) is 36.8 Å². The Kier molecular flexibility index (Phi) is 5.61. The SMILES string of the molecule is COc1ccc2nc(C)cc(OCC(=O)Nc3ccccc3-c3ccccc3)c2c1. The Morgan fingerprint density at radius 1 is 0.967 bits per heavy atom. The van der Waals surface area contributed by atoms with Crippen LogP contribution in [0.2, 0.25) is 0 Å². The Bertz CT molecular complexity index is 1190. The van der Waals surface area contributed by atoms with Gasteiger partial charge < -0.3 is 14.8 Å². The van der Waals surface area contributed by atoms with E-state index in [4.69, 9.17) is 9.47 Å². The highest BCUT2D eigenvalue weighted by molar-refractivity contribution is 5.96. The molecular weight excluding hydrogens is 376 g/mol. The molecule has 0 bridgehead atoms. The Hall–Kier alpha value is -3.86. The smallest absolute Gasteiger partial charge is 0.262 e. The first-order chi connectivity index (χ1) is 14.6. The number of methoxy groups -OCH3 is 1. The van der Waals surface area contributed by atoms with Gasteiger partial charge in [0.25, 0.3) is 5.91 Å². The maximum Gasteiger partial charge on any atom is 0.262 e. The molecule has 1 aromatic heterocycles. The van der Waals surface area contributed by atoms with Gasteiger partial charge in [-0.2, -0.15) is 0 Å². The molecule has 0 atom stereocenters. The summed E-state index contributed by atoms with van der Waals surface area (Å²) >= 11 is 0. The summed E-state index contributed by atoms with van der Waals surface area (Å²) in [7, 11) is 1.61. The number of aromatic nitrogens is 1. The van der Waals surface area contributed by atoms with Gasteiger partial charge in [-0.15, -0.1) is 0 Å². The van der Waals surface area contributed by atoms with Gasteiger partial charge in [0.15, 0.2) is 6.61 Å². The molecule has 0 unspecified atom stereocenters. The number of fused-ring (bicyclic) bond motifs is 1. The van der Waals surface area contributed by atoms with Crippen LogP contribution in [0.1, 0.15) is 5.69 Å². The van der Waals surface area contributed by atoms with Crippen molar-refractivity contribution in [3.8, 4) is 22.6 Å². The summed E-state index contributed by atoms with van der Waals surface area (Å²) in [5.41, 5.74) is 4.35. The third-order valence-corrected chi connectivity index (χ3v) is 4.75. The number of ether oxygens (including phenoxy) is 2. The molecule has 0 radical (unpaired) electrons. The molecule has 5 nitrogen and oxygen atoms in total. The summed E-state index contributed by atoms with van der Waals surface area (Å²) in [6.45, 7) is 1.78. The van der Waals surface area contributed by atoms with E-state index in [-0.39, 0.29) is 12.5 Å². The van der Waals surface area contributed by atoms with Gasteiger partial charge in [0, 0.05) is 28.4 Å². The van der Waals surface area contributed by atoms with Crippen molar-refractivity contribution in [1.29, 1.82) is 0 Å². The lowest BCUT2D eigenvalue weighted by molar-refractivity contribution is -0.118. The summed E-state index contributed by atoms with van der Waals surface area (Å²) in [5.74, 6) is 1.08. The second-order valence-electron chi connectivity index (χ2n) is 6.89. The number of hydrogen-bond acceptors (Lipinski definition) is 4. The van der Waals surface area contributed by atoms with E-state index in [2.05, 4.69) is 10.3 Å². The standard InChI is InChI=1S/C25H22N2O3/c1-17-14-24(21-15-19(29-2)12-13-23(21)26-17)30-16-25(28)27-22-11-7-6-10-20(22)18-8-4-3-5-9-18/h3-15H,16H2,1-2H3,(H,27,28). The molecule has 1 amide bonds. The molecule has 0 aliphatic carbocycles. The van der Waals surface area contributed by atoms with E-state index in [1.807, 2.05) is 85.8 Å². The maximum atomic E-state index is 12.6. The zero-order valence-electron chi connectivity index (χ0n) is 16.9. The van der Waals surface area contributed by atoms with E-state index in [1.165, 1.54) is 0 Å². The van der Waals surface area contributed by atoms with Gasteiger partial charge >= 0.3 is 0 Å². The van der Waals surface area contributed by atoms with Crippen molar-refractivity contribution in [2.45, 2.75) is 6.92 Å². The van der Waals surface area contributed by atoms with Gasteiger partial charge in [0.1, 0.15) is 11.5 Å². The van der Waals surface area contributed by atoms with Gasteiger partial charge in [-0.25, -0.2) is 0 Å². The lowest BCUT2D eigenvalue weighted by Crippen LogP contribution is -2.20. The molecule has 3 aromatic carbocycles. The van der Waals surface area contributed by atoms with Crippen molar-refractivity contribution in [2.75, 3.05) is 19.0 Å². The zero-order valence-corrected chi connectivity index (χ0v) is 16.9. The molecule has 150 valence electrons. The van der Waals surface area contributed by atoms with Crippen LogP contribution in [0.5, 0.6) is 11.5 Å². The minimum atomic E-state index is -0.233. The van der Waals surface area contributed by atoms with E-state index >= 15 is 0 Å².